The molecular weight excluding hydrogens is 220 g/mol. The van der Waals surface area contributed by atoms with Gasteiger partial charge in [-0.15, -0.1) is 0 Å². The van der Waals surface area contributed by atoms with Gasteiger partial charge in [-0.2, -0.15) is 11.8 Å². The second-order valence-corrected chi connectivity index (χ2v) is 6.07. The molecule has 0 saturated heterocycles. The number of thioether (sulfide) groups is 1. The Labute approximate surface area is 104 Å². The monoisotopic (exact) mass is 246 g/mol. The smallest absolute Gasteiger partial charge is 0.230 e. The van der Waals surface area contributed by atoms with E-state index in [1.54, 1.807) is 11.8 Å². The van der Waals surface area contributed by atoms with Gasteiger partial charge in [0.2, 0.25) is 5.91 Å². The Kier molecular flexibility index (Phi) is 7.85. The predicted molar refractivity (Wildman–Crippen MR) is 72.7 cm³/mol. The second kappa shape index (κ2) is 7.96. The fraction of sp³-hybridized carbons (Fsp3) is 0.917. The average molecular weight is 246 g/mol. The summed E-state index contributed by atoms with van der Waals surface area (Å²) in [4.78, 5) is 11.7. The van der Waals surface area contributed by atoms with Crippen LogP contribution in [-0.4, -0.2) is 29.5 Å². The highest BCUT2D eigenvalue weighted by atomic mass is 32.2. The highest BCUT2D eigenvalue weighted by molar-refractivity contribution is 7.99. The Balaban J connectivity index is 4.04. The summed E-state index contributed by atoms with van der Waals surface area (Å²) in [7, 11) is 0. The van der Waals surface area contributed by atoms with Crippen LogP contribution in [0.3, 0.4) is 0 Å². The van der Waals surface area contributed by atoms with Crippen LogP contribution in [0.25, 0.3) is 0 Å². The standard InChI is InChI=1S/C12H26N2OS/c1-5-6-16-8-11(15)14-12(4,9-13)7-10(2)3/h10H,5-9,13H2,1-4H3,(H,14,15). The van der Waals surface area contributed by atoms with Gasteiger partial charge in [-0.25, -0.2) is 0 Å². The van der Waals surface area contributed by atoms with E-state index < -0.39 is 0 Å². The van der Waals surface area contributed by atoms with Crippen molar-refractivity contribution in [3.05, 3.63) is 0 Å². The van der Waals surface area contributed by atoms with Gasteiger partial charge in [-0.3, -0.25) is 4.79 Å². The number of nitrogens with two attached hydrogens (primary N) is 1. The molecule has 0 aromatic rings. The molecule has 0 radical (unpaired) electrons. The Morgan fingerprint density at radius 3 is 2.56 bits per heavy atom. The van der Waals surface area contributed by atoms with Crippen molar-refractivity contribution in [1.82, 2.24) is 5.32 Å². The third kappa shape index (κ3) is 7.12. The third-order valence-corrected chi connectivity index (χ3v) is 3.50. The zero-order valence-electron chi connectivity index (χ0n) is 11.0. The van der Waals surface area contributed by atoms with Gasteiger partial charge in [-0.1, -0.05) is 20.8 Å². The first-order valence-electron chi connectivity index (χ1n) is 6.02. The van der Waals surface area contributed by atoms with Crippen molar-refractivity contribution in [2.45, 2.75) is 46.1 Å². The minimum absolute atomic E-state index is 0.104. The quantitative estimate of drug-likeness (QED) is 0.644. The zero-order valence-corrected chi connectivity index (χ0v) is 11.8. The van der Waals surface area contributed by atoms with Crippen molar-refractivity contribution < 1.29 is 4.79 Å². The summed E-state index contributed by atoms with van der Waals surface area (Å²) in [5.41, 5.74) is 5.48. The van der Waals surface area contributed by atoms with E-state index in [-0.39, 0.29) is 11.4 Å². The van der Waals surface area contributed by atoms with Crippen LogP contribution in [-0.2, 0) is 4.79 Å². The summed E-state index contributed by atoms with van der Waals surface area (Å²) < 4.78 is 0. The summed E-state index contributed by atoms with van der Waals surface area (Å²) >= 11 is 1.68. The van der Waals surface area contributed by atoms with Crippen LogP contribution in [0.1, 0.15) is 40.5 Å². The molecule has 0 aliphatic heterocycles. The lowest BCUT2D eigenvalue weighted by Crippen LogP contribution is -2.52. The van der Waals surface area contributed by atoms with Gasteiger partial charge in [0.25, 0.3) is 0 Å². The number of hydrogen-bond acceptors (Lipinski definition) is 3. The summed E-state index contributed by atoms with van der Waals surface area (Å²) in [5, 5.41) is 3.05. The molecule has 16 heavy (non-hydrogen) atoms. The van der Waals surface area contributed by atoms with Crippen LogP contribution in [0.2, 0.25) is 0 Å². The molecule has 3 N–H and O–H groups in total. The third-order valence-electron chi connectivity index (χ3n) is 2.33. The highest BCUT2D eigenvalue weighted by Gasteiger charge is 2.25. The lowest BCUT2D eigenvalue weighted by Gasteiger charge is -2.31. The summed E-state index contributed by atoms with van der Waals surface area (Å²) in [5.74, 6) is 2.22. The van der Waals surface area contributed by atoms with E-state index in [0.29, 0.717) is 18.2 Å². The van der Waals surface area contributed by atoms with Gasteiger partial charge in [0.05, 0.1) is 5.75 Å². The van der Waals surface area contributed by atoms with Crippen molar-refractivity contribution in [3.8, 4) is 0 Å². The second-order valence-electron chi connectivity index (χ2n) is 4.96. The van der Waals surface area contributed by atoms with Crippen LogP contribution in [0.15, 0.2) is 0 Å². The van der Waals surface area contributed by atoms with Gasteiger partial charge >= 0.3 is 0 Å². The van der Waals surface area contributed by atoms with Gasteiger partial charge in [0, 0.05) is 12.1 Å². The van der Waals surface area contributed by atoms with E-state index in [1.807, 2.05) is 6.92 Å². The molecule has 0 fully saturated rings. The number of hydrogen-bond donors (Lipinski definition) is 2. The summed E-state index contributed by atoms with van der Waals surface area (Å²) in [6.07, 6.45) is 2.03. The molecule has 0 aliphatic rings. The van der Waals surface area contributed by atoms with Gasteiger partial charge < -0.3 is 11.1 Å². The zero-order chi connectivity index (χ0) is 12.6. The van der Waals surface area contributed by atoms with Gasteiger partial charge in [-0.05, 0) is 31.4 Å². The van der Waals surface area contributed by atoms with Crippen LogP contribution in [0.4, 0.5) is 0 Å². The number of amides is 1. The van der Waals surface area contributed by atoms with E-state index in [4.69, 9.17) is 5.73 Å². The van der Waals surface area contributed by atoms with E-state index >= 15 is 0 Å². The Bertz CT molecular complexity index is 209. The van der Waals surface area contributed by atoms with Crippen molar-refractivity contribution >= 4 is 17.7 Å². The van der Waals surface area contributed by atoms with Gasteiger partial charge in [0.1, 0.15) is 0 Å². The molecule has 4 heteroatoms. The molecule has 3 nitrogen and oxygen atoms in total. The lowest BCUT2D eigenvalue weighted by atomic mass is 9.91. The molecule has 1 amide bonds. The van der Waals surface area contributed by atoms with Crippen molar-refractivity contribution in [1.29, 1.82) is 0 Å². The summed E-state index contributed by atoms with van der Waals surface area (Å²) in [6, 6.07) is 0. The first kappa shape index (κ1) is 15.8. The van der Waals surface area contributed by atoms with E-state index in [2.05, 4.69) is 26.1 Å². The van der Waals surface area contributed by atoms with Crippen molar-refractivity contribution in [2.24, 2.45) is 11.7 Å². The maximum absolute atomic E-state index is 11.7. The fourth-order valence-electron chi connectivity index (χ4n) is 1.77. The molecule has 0 spiro atoms. The van der Waals surface area contributed by atoms with Crippen molar-refractivity contribution in [2.75, 3.05) is 18.1 Å². The lowest BCUT2D eigenvalue weighted by molar-refractivity contribution is -0.120. The number of rotatable bonds is 8. The van der Waals surface area contributed by atoms with E-state index in [9.17, 15) is 4.79 Å². The highest BCUT2D eigenvalue weighted by Crippen LogP contribution is 2.15. The maximum Gasteiger partial charge on any atom is 0.230 e. The fourth-order valence-corrected chi connectivity index (χ4v) is 2.46. The Hall–Kier alpha value is -0.220. The molecule has 0 heterocycles. The largest absolute Gasteiger partial charge is 0.349 e. The van der Waals surface area contributed by atoms with Gasteiger partial charge in [0.15, 0.2) is 0 Å². The number of nitrogens with one attached hydrogen (secondary N) is 1. The number of carbonyl (C=O) groups excluding carboxylic acids is 1. The summed E-state index contributed by atoms with van der Waals surface area (Å²) in [6.45, 7) is 8.93. The molecule has 0 aromatic carbocycles. The Morgan fingerprint density at radius 1 is 1.50 bits per heavy atom. The molecule has 0 aromatic heterocycles. The molecular formula is C12H26N2OS. The normalized spacial score (nSPS) is 14.9. The molecule has 0 rings (SSSR count). The topological polar surface area (TPSA) is 55.1 Å². The van der Waals surface area contributed by atoms with E-state index in [1.165, 1.54) is 0 Å². The molecule has 0 bridgehead atoms. The first-order valence-corrected chi connectivity index (χ1v) is 7.18. The van der Waals surface area contributed by atoms with Crippen LogP contribution in [0.5, 0.6) is 0 Å². The predicted octanol–water partition coefficient (Wildman–Crippen LogP) is 2.01. The van der Waals surface area contributed by atoms with Crippen LogP contribution in [0, 0.1) is 5.92 Å². The maximum atomic E-state index is 11.7. The average Bonchev–Trinajstić information content (AvgIpc) is 2.16. The van der Waals surface area contributed by atoms with Crippen LogP contribution >= 0.6 is 11.8 Å². The molecule has 1 atom stereocenters. The van der Waals surface area contributed by atoms with E-state index in [0.717, 1.165) is 18.6 Å². The molecule has 96 valence electrons. The minimum Gasteiger partial charge on any atom is -0.349 e. The first-order chi connectivity index (χ1) is 7.43. The molecule has 0 aliphatic carbocycles. The van der Waals surface area contributed by atoms with Crippen LogP contribution < -0.4 is 11.1 Å². The van der Waals surface area contributed by atoms with Crippen molar-refractivity contribution in [3.63, 3.8) is 0 Å². The SMILES string of the molecule is CCCSCC(=O)NC(C)(CN)CC(C)C. The molecule has 0 saturated carbocycles. The molecule has 1 unspecified atom stereocenters. The Morgan fingerprint density at radius 2 is 2.12 bits per heavy atom. The minimum atomic E-state index is -0.252. The number of carbonyl (C=O) groups is 1.